The van der Waals surface area contributed by atoms with Crippen molar-refractivity contribution in [3.05, 3.63) is 65.6 Å². The maximum atomic E-state index is 5.57. The SMILES string of the molecule is COc1ccccc1C1CCN(c2nc(-c3ccncc3)nc(C)c2C)C1. The van der Waals surface area contributed by atoms with Crippen LogP contribution in [0.15, 0.2) is 48.8 Å². The van der Waals surface area contributed by atoms with Crippen LogP contribution < -0.4 is 9.64 Å². The molecule has 1 fully saturated rings. The molecule has 0 saturated carbocycles. The van der Waals surface area contributed by atoms with Crippen LogP contribution in [0.1, 0.15) is 29.2 Å². The van der Waals surface area contributed by atoms with Crippen LogP contribution in [0.4, 0.5) is 5.82 Å². The first-order valence-electron chi connectivity index (χ1n) is 9.31. The Labute approximate surface area is 160 Å². The van der Waals surface area contributed by atoms with Crippen molar-refractivity contribution in [1.82, 2.24) is 15.0 Å². The Balaban J connectivity index is 1.65. The van der Waals surface area contributed by atoms with Gasteiger partial charge in [-0.2, -0.15) is 0 Å². The predicted octanol–water partition coefficient (Wildman–Crippen LogP) is 4.16. The molecule has 1 aliphatic rings. The number of benzene rings is 1. The summed E-state index contributed by atoms with van der Waals surface area (Å²) in [5.74, 6) is 3.21. The molecule has 2 aromatic heterocycles. The van der Waals surface area contributed by atoms with Crippen molar-refractivity contribution in [3.63, 3.8) is 0 Å². The molecule has 0 spiro atoms. The van der Waals surface area contributed by atoms with Gasteiger partial charge in [-0.25, -0.2) is 9.97 Å². The van der Waals surface area contributed by atoms with E-state index in [1.807, 2.05) is 24.3 Å². The molecule has 0 amide bonds. The molecule has 0 N–H and O–H groups in total. The van der Waals surface area contributed by atoms with E-state index in [0.29, 0.717) is 5.92 Å². The summed E-state index contributed by atoms with van der Waals surface area (Å²) in [5.41, 5.74) is 4.44. The monoisotopic (exact) mass is 360 g/mol. The summed E-state index contributed by atoms with van der Waals surface area (Å²) in [6, 6.07) is 12.2. The Bertz CT molecular complexity index is 942. The molecule has 3 aromatic rings. The van der Waals surface area contributed by atoms with E-state index in [0.717, 1.165) is 53.7 Å². The number of pyridine rings is 1. The zero-order valence-corrected chi connectivity index (χ0v) is 16.0. The highest BCUT2D eigenvalue weighted by Crippen LogP contribution is 2.36. The number of anilines is 1. The minimum atomic E-state index is 0.445. The minimum absolute atomic E-state index is 0.445. The number of aryl methyl sites for hydroxylation is 1. The van der Waals surface area contributed by atoms with Gasteiger partial charge in [-0.1, -0.05) is 18.2 Å². The van der Waals surface area contributed by atoms with E-state index in [1.165, 1.54) is 5.56 Å². The Morgan fingerprint density at radius 1 is 1.04 bits per heavy atom. The van der Waals surface area contributed by atoms with Crippen molar-refractivity contribution in [1.29, 1.82) is 0 Å². The van der Waals surface area contributed by atoms with E-state index in [2.05, 4.69) is 35.9 Å². The van der Waals surface area contributed by atoms with Gasteiger partial charge in [0.15, 0.2) is 5.82 Å². The van der Waals surface area contributed by atoms with E-state index < -0.39 is 0 Å². The van der Waals surface area contributed by atoms with Gasteiger partial charge in [-0.3, -0.25) is 4.98 Å². The fourth-order valence-electron chi connectivity index (χ4n) is 3.76. The second kappa shape index (κ2) is 7.35. The van der Waals surface area contributed by atoms with Gasteiger partial charge in [-0.15, -0.1) is 0 Å². The Kier molecular flexibility index (Phi) is 4.75. The predicted molar refractivity (Wildman–Crippen MR) is 107 cm³/mol. The van der Waals surface area contributed by atoms with Gasteiger partial charge in [0, 0.05) is 48.2 Å². The summed E-state index contributed by atoms with van der Waals surface area (Å²) >= 11 is 0. The van der Waals surface area contributed by atoms with Crippen LogP contribution in [-0.4, -0.2) is 35.2 Å². The largest absolute Gasteiger partial charge is 0.496 e. The topological polar surface area (TPSA) is 51.1 Å². The summed E-state index contributed by atoms with van der Waals surface area (Å²) < 4.78 is 5.57. The van der Waals surface area contributed by atoms with E-state index in [-0.39, 0.29) is 0 Å². The fraction of sp³-hybridized carbons (Fsp3) is 0.318. The molecule has 0 bridgehead atoms. The van der Waals surface area contributed by atoms with Crippen LogP contribution in [0.2, 0.25) is 0 Å². The Morgan fingerprint density at radius 3 is 2.59 bits per heavy atom. The zero-order chi connectivity index (χ0) is 18.8. The number of hydrogen-bond donors (Lipinski definition) is 0. The molecule has 4 rings (SSSR count). The van der Waals surface area contributed by atoms with Gasteiger partial charge < -0.3 is 9.64 Å². The lowest BCUT2D eigenvalue weighted by Gasteiger charge is -2.22. The third-order valence-electron chi connectivity index (χ3n) is 5.37. The molecule has 1 aromatic carbocycles. The van der Waals surface area contributed by atoms with Crippen molar-refractivity contribution in [3.8, 4) is 17.1 Å². The third kappa shape index (κ3) is 3.37. The summed E-state index contributed by atoms with van der Waals surface area (Å²) in [5, 5.41) is 0. The van der Waals surface area contributed by atoms with Crippen LogP contribution in [0.5, 0.6) is 5.75 Å². The molecule has 27 heavy (non-hydrogen) atoms. The lowest BCUT2D eigenvalue weighted by atomic mass is 9.97. The number of rotatable bonds is 4. The maximum Gasteiger partial charge on any atom is 0.161 e. The highest BCUT2D eigenvalue weighted by Gasteiger charge is 2.28. The van der Waals surface area contributed by atoms with Crippen LogP contribution in [0.3, 0.4) is 0 Å². The first-order chi connectivity index (χ1) is 13.2. The number of aromatic nitrogens is 3. The molecule has 5 nitrogen and oxygen atoms in total. The number of para-hydroxylation sites is 1. The normalized spacial score (nSPS) is 16.6. The maximum absolute atomic E-state index is 5.57. The first kappa shape index (κ1) is 17.5. The first-order valence-corrected chi connectivity index (χ1v) is 9.31. The van der Waals surface area contributed by atoms with Crippen molar-refractivity contribution in [2.45, 2.75) is 26.2 Å². The molecule has 5 heteroatoms. The van der Waals surface area contributed by atoms with Gasteiger partial charge in [-0.05, 0) is 44.0 Å². The van der Waals surface area contributed by atoms with Gasteiger partial charge in [0.1, 0.15) is 11.6 Å². The number of nitrogens with zero attached hydrogens (tertiary/aromatic N) is 4. The van der Waals surface area contributed by atoms with Gasteiger partial charge in [0.25, 0.3) is 0 Å². The summed E-state index contributed by atoms with van der Waals surface area (Å²) in [6.07, 6.45) is 4.65. The molecule has 1 unspecified atom stereocenters. The number of ether oxygens (including phenoxy) is 1. The van der Waals surface area contributed by atoms with Crippen LogP contribution in [0.25, 0.3) is 11.4 Å². The van der Waals surface area contributed by atoms with Crippen LogP contribution >= 0.6 is 0 Å². The van der Waals surface area contributed by atoms with Gasteiger partial charge in [0.2, 0.25) is 0 Å². The molecule has 1 saturated heterocycles. The molecular weight excluding hydrogens is 336 g/mol. The van der Waals surface area contributed by atoms with Gasteiger partial charge >= 0.3 is 0 Å². The second-order valence-electron chi connectivity index (χ2n) is 6.99. The highest BCUT2D eigenvalue weighted by molar-refractivity contribution is 5.60. The van der Waals surface area contributed by atoms with Gasteiger partial charge in [0.05, 0.1) is 7.11 Å². The molecule has 0 aliphatic carbocycles. The van der Waals surface area contributed by atoms with Crippen molar-refractivity contribution >= 4 is 5.82 Å². The number of hydrogen-bond acceptors (Lipinski definition) is 5. The summed E-state index contributed by atoms with van der Waals surface area (Å²) in [4.78, 5) is 16.1. The fourth-order valence-corrected chi connectivity index (χ4v) is 3.76. The molecule has 0 radical (unpaired) electrons. The minimum Gasteiger partial charge on any atom is -0.496 e. The number of methoxy groups -OCH3 is 1. The highest BCUT2D eigenvalue weighted by atomic mass is 16.5. The van der Waals surface area contributed by atoms with Crippen LogP contribution in [-0.2, 0) is 0 Å². The smallest absolute Gasteiger partial charge is 0.161 e. The lowest BCUT2D eigenvalue weighted by Crippen LogP contribution is -2.22. The molecule has 138 valence electrons. The van der Waals surface area contributed by atoms with E-state index in [4.69, 9.17) is 14.7 Å². The lowest BCUT2D eigenvalue weighted by molar-refractivity contribution is 0.406. The van der Waals surface area contributed by atoms with E-state index in [9.17, 15) is 0 Å². The van der Waals surface area contributed by atoms with Crippen molar-refractivity contribution in [2.24, 2.45) is 0 Å². The summed E-state index contributed by atoms with van der Waals surface area (Å²) in [6.45, 7) is 6.08. The molecule has 3 heterocycles. The van der Waals surface area contributed by atoms with Crippen LogP contribution in [0, 0.1) is 13.8 Å². The van der Waals surface area contributed by atoms with Crippen molar-refractivity contribution in [2.75, 3.05) is 25.1 Å². The van der Waals surface area contributed by atoms with Crippen molar-refractivity contribution < 1.29 is 4.74 Å². The van der Waals surface area contributed by atoms with E-state index in [1.54, 1.807) is 19.5 Å². The average Bonchev–Trinajstić information content (AvgIpc) is 3.20. The Morgan fingerprint density at radius 2 is 1.81 bits per heavy atom. The quantitative estimate of drug-likeness (QED) is 0.699. The molecule has 1 aliphatic heterocycles. The second-order valence-corrected chi connectivity index (χ2v) is 6.99. The standard InChI is InChI=1S/C22H24N4O/c1-15-16(2)24-21(17-8-11-23-12-9-17)25-22(15)26-13-10-18(14-26)19-6-4-5-7-20(19)27-3/h4-9,11-12,18H,10,13-14H2,1-3H3. The summed E-state index contributed by atoms with van der Waals surface area (Å²) in [7, 11) is 1.74. The average molecular weight is 360 g/mol. The van der Waals surface area contributed by atoms with E-state index >= 15 is 0 Å². The molecular formula is C22H24N4O. The zero-order valence-electron chi connectivity index (χ0n) is 16.0. The molecule has 1 atom stereocenters. The third-order valence-corrected chi connectivity index (χ3v) is 5.37. The Hall–Kier alpha value is -2.95.